The van der Waals surface area contributed by atoms with Crippen molar-refractivity contribution < 1.29 is 9.53 Å². The fraction of sp³-hybridized carbons (Fsp3) is 0.455. The molecule has 0 bridgehead atoms. The van der Waals surface area contributed by atoms with E-state index < -0.39 is 0 Å². The van der Waals surface area contributed by atoms with Gasteiger partial charge in [0.05, 0.1) is 11.7 Å². The summed E-state index contributed by atoms with van der Waals surface area (Å²) in [5.41, 5.74) is 0.573. The van der Waals surface area contributed by atoms with Crippen LogP contribution in [-0.4, -0.2) is 16.9 Å². The lowest BCUT2D eigenvalue weighted by molar-refractivity contribution is 0.0981. The Morgan fingerprint density at radius 2 is 2.29 bits per heavy atom. The molecule has 1 rings (SSSR count). The van der Waals surface area contributed by atoms with E-state index in [0.717, 1.165) is 0 Å². The summed E-state index contributed by atoms with van der Waals surface area (Å²) >= 11 is 0. The van der Waals surface area contributed by atoms with Gasteiger partial charge < -0.3 is 4.74 Å². The summed E-state index contributed by atoms with van der Waals surface area (Å²) in [6.45, 7) is 5.65. The summed E-state index contributed by atoms with van der Waals surface area (Å²) in [6.07, 6.45) is 2.14. The average Bonchev–Trinajstić information content (AvgIpc) is 2.16. The van der Waals surface area contributed by atoms with Crippen molar-refractivity contribution in [1.29, 1.82) is 0 Å². The fourth-order valence-electron chi connectivity index (χ4n) is 1.11. The second-order valence-corrected chi connectivity index (χ2v) is 3.30. The number of ether oxygens (including phenoxy) is 1. The Labute approximate surface area is 84.1 Å². The Morgan fingerprint density at radius 1 is 1.57 bits per heavy atom. The van der Waals surface area contributed by atoms with Crippen LogP contribution in [0.4, 0.5) is 0 Å². The molecular weight excluding hydrogens is 178 g/mol. The highest BCUT2D eigenvalue weighted by Crippen LogP contribution is 2.17. The van der Waals surface area contributed by atoms with Gasteiger partial charge in [-0.15, -0.1) is 0 Å². The van der Waals surface area contributed by atoms with Crippen molar-refractivity contribution in [2.24, 2.45) is 0 Å². The van der Waals surface area contributed by atoms with Gasteiger partial charge in [0.1, 0.15) is 0 Å². The Hall–Kier alpha value is -1.38. The van der Waals surface area contributed by atoms with Crippen LogP contribution in [0.1, 0.15) is 37.6 Å². The molecule has 0 aliphatic carbocycles. The zero-order valence-corrected chi connectivity index (χ0v) is 8.78. The standard InChI is InChI=1S/C11H15NO2/c1-4-10(13)9-6-5-7-12-11(9)14-8(2)3/h5-8H,4H2,1-3H3. The van der Waals surface area contributed by atoms with E-state index >= 15 is 0 Å². The smallest absolute Gasteiger partial charge is 0.224 e. The Morgan fingerprint density at radius 3 is 2.86 bits per heavy atom. The van der Waals surface area contributed by atoms with Crippen LogP contribution in [0, 0.1) is 0 Å². The maximum atomic E-state index is 11.5. The summed E-state index contributed by atoms with van der Waals surface area (Å²) in [5.74, 6) is 0.503. The normalized spacial score (nSPS) is 10.3. The first-order chi connectivity index (χ1) is 6.65. The first-order valence-electron chi connectivity index (χ1n) is 4.80. The third-order valence-corrected chi connectivity index (χ3v) is 1.74. The van der Waals surface area contributed by atoms with E-state index in [4.69, 9.17) is 4.74 Å². The topological polar surface area (TPSA) is 39.2 Å². The first-order valence-corrected chi connectivity index (χ1v) is 4.80. The molecule has 0 atom stereocenters. The van der Waals surface area contributed by atoms with Gasteiger partial charge in [0, 0.05) is 12.6 Å². The molecular formula is C11H15NO2. The number of aromatic nitrogens is 1. The predicted molar refractivity (Wildman–Crippen MR) is 54.6 cm³/mol. The molecule has 1 aromatic rings. The van der Waals surface area contributed by atoms with Crippen molar-refractivity contribution in [3.05, 3.63) is 23.9 Å². The number of carbonyl (C=O) groups is 1. The molecule has 0 aliphatic heterocycles. The maximum absolute atomic E-state index is 11.5. The molecule has 0 aliphatic rings. The minimum absolute atomic E-state index is 0.0355. The van der Waals surface area contributed by atoms with E-state index in [2.05, 4.69) is 4.98 Å². The van der Waals surface area contributed by atoms with Crippen LogP contribution in [0.2, 0.25) is 0 Å². The molecule has 1 aromatic heterocycles. The van der Waals surface area contributed by atoms with Gasteiger partial charge in [0.2, 0.25) is 5.88 Å². The minimum Gasteiger partial charge on any atom is -0.474 e. The molecule has 1 heterocycles. The molecule has 0 spiro atoms. The lowest BCUT2D eigenvalue weighted by Gasteiger charge is -2.11. The number of hydrogen-bond donors (Lipinski definition) is 0. The Bertz CT molecular complexity index is 321. The first kappa shape index (κ1) is 10.7. The molecule has 0 unspecified atom stereocenters. The second kappa shape index (κ2) is 4.74. The van der Waals surface area contributed by atoms with Gasteiger partial charge >= 0.3 is 0 Å². The lowest BCUT2D eigenvalue weighted by Crippen LogP contribution is -2.11. The molecule has 0 amide bonds. The average molecular weight is 193 g/mol. The molecule has 14 heavy (non-hydrogen) atoms. The number of hydrogen-bond acceptors (Lipinski definition) is 3. The highest BCUT2D eigenvalue weighted by molar-refractivity contribution is 5.97. The van der Waals surface area contributed by atoms with Crippen LogP contribution >= 0.6 is 0 Å². The van der Waals surface area contributed by atoms with E-state index in [1.807, 2.05) is 20.8 Å². The van der Waals surface area contributed by atoms with E-state index in [1.165, 1.54) is 0 Å². The molecule has 3 nitrogen and oxygen atoms in total. The number of pyridine rings is 1. The van der Waals surface area contributed by atoms with Crippen molar-refractivity contribution in [2.75, 3.05) is 0 Å². The lowest BCUT2D eigenvalue weighted by atomic mass is 10.1. The van der Waals surface area contributed by atoms with Crippen molar-refractivity contribution in [3.8, 4) is 5.88 Å². The Kier molecular flexibility index (Phi) is 3.63. The summed E-state index contributed by atoms with van der Waals surface area (Å²) in [5, 5.41) is 0. The third kappa shape index (κ3) is 2.55. The van der Waals surface area contributed by atoms with Crippen molar-refractivity contribution >= 4 is 5.78 Å². The molecule has 0 aromatic carbocycles. The van der Waals surface area contributed by atoms with Gasteiger partial charge in [-0.05, 0) is 26.0 Å². The van der Waals surface area contributed by atoms with Gasteiger partial charge in [-0.2, -0.15) is 0 Å². The van der Waals surface area contributed by atoms with Gasteiger partial charge in [-0.3, -0.25) is 4.79 Å². The summed E-state index contributed by atoms with van der Waals surface area (Å²) in [6, 6.07) is 3.49. The minimum atomic E-state index is 0.0355. The van der Waals surface area contributed by atoms with Crippen LogP contribution in [0.25, 0.3) is 0 Å². The fourth-order valence-corrected chi connectivity index (χ4v) is 1.11. The quantitative estimate of drug-likeness (QED) is 0.689. The predicted octanol–water partition coefficient (Wildman–Crippen LogP) is 2.46. The Balaban J connectivity index is 2.97. The zero-order chi connectivity index (χ0) is 10.6. The number of ketones is 1. The van der Waals surface area contributed by atoms with Crippen molar-refractivity contribution in [3.63, 3.8) is 0 Å². The van der Waals surface area contributed by atoms with Crippen LogP contribution in [0.15, 0.2) is 18.3 Å². The van der Waals surface area contributed by atoms with Crippen molar-refractivity contribution in [2.45, 2.75) is 33.3 Å². The summed E-state index contributed by atoms with van der Waals surface area (Å²) < 4.78 is 5.44. The van der Waals surface area contributed by atoms with Crippen LogP contribution < -0.4 is 4.74 Å². The highest BCUT2D eigenvalue weighted by atomic mass is 16.5. The van der Waals surface area contributed by atoms with E-state index in [-0.39, 0.29) is 11.9 Å². The van der Waals surface area contributed by atoms with Gasteiger partial charge in [0.25, 0.3) is 0 Å². The number of nitrogens with zero attached hydrogens (tertiary/aromatic N) is 1. The highest BCUT2D eigenvalue weighted by Gasteiger charge is 2.12. The van der Waals surface area contributed by atoms with Gasteiger partial charge in [0.15, 0.2) is 5.78 Å². The summed E-state index contributed by atoms with van der Waals surface area (Å²) in [4.78, 5) is 15.5. The monoisotopic (exact) mass is 193 g/mol. The van der Waals surface area contributed by atoms with Crippen LogP contribution in [0.5, 0.6) is 5.88 Å². The molecule has 0 radical (unpaired) electrons. The maximum Gasteiger partial charge on any atom is 0.224 e. The van der Waals surface area contributed by atoms with Crippen LogP contribution in [0.3, 0.4) is 0 Å². The summed E-state index contributed by atoms with van der Waals surface area (Å²) in [7, 11) is 0. The molecule has 0 saturated carbocycles. The van der Waals surface area contributed by atoms with Gasteiger partial charge in [-0.25, -0.2) is 4.98 Å². The SMILES string of the molecule is CCC(=O)c1cccnc1OC(C)C. The largest absolute Gasteiger partial charge is 0.474 e. The molecule has 0 N–H and O–H groups in total. The van der Waals surface area contributed by atoms with Gasteiger partial charge in [-0.1, -0.05) is 6.92 Å². The number of carbonyl (C=O) groups excluding carboxylic acids is 1. The van der Waals surface area contributed by atoms with E-state index in [1.54, 1.807) is 18.3 Å². The molecule has 0 saturated heterocycles. The molecule has 3 heteroatoms. The third-order valence-electron chi connectivity index (χ3n) is 1.74. The van der Waals surface area contributed by atoms with E-state index in [9.17, 15) is 4.79 Å². The zero-order valence-electron chi connectivity index (χ0n) is 8.78. The second-order valence-electron chi connectivity index (χ2n) is 3.30. The molecule has 0 fully saturated rings. The molecule has 76 valence electrons. The van der Waals surface area contributed by atoms with Crippen LogP contribution in [-0.2, 0) is 0 Å². The van der Waals surface area contributed by atoms with E-state index in [0.29, 0.717) is 17.9 Å². The number of Topliss-reactive ketones (excluding diaryl/α,β-unsaturated/α-hetero) is 1. The number of rotatable bonds is 4. The van der Waals surface area contributed by atoms with Crippen molar-refractivity contribution in [1.82, 2.24) is 4.98 Å².